The highest BCUT2D eigenvalue weighted by atomic mass is 19.1. The van der Waals surface area contributed by atoms with Gasteiger partial charge in [0, 0.05) is 17.2 Å². The SMILES string of the molecule is COc1cc(OC)cc(C(=O)c2ccc(N)c(F)c2)c1. The molecule has 0 bridgehead atoms. The number of anilines is 1. The third-order valence-electron chi connectivity index (χ3n) is 2.88. The van der Waals surface area contributed by atoms with Crippen molar-refractivity contribution in [3.8, 4) is 11.5 Å². The van der Waals surface area contributed by atoms with E-state index in [0.29, 0.717) is 17.1 Å². The molecule has 0 amide bonds. The maximum Gasteiger partial charge on any atom is 0.193 e. The lowest BCUT2D eigenvalue weighted by Gasteiger charge is -2.08. The molecule has 0 saturated heterocycles. The molecule has 0 atom stereocenters. The first-order valence-corrected chi connectivity index (χ1v) is 5.88. The Labute approximate surface area is 115 Å². The minimum Gasteiger partial charge on any atom is -0.497 e. The van der Waals surface area contributed by atoms with E-state index >= 15 is 0 Å². The number of rotatable bonds is 4. The van der Waals surface area contributed by atoms with Gasteiger partial charge in [-0.15, -0.1) is 0 Å². The van der Waals surface area contributed by atoms with E-state index < -0.39 is 5.82 Å². The number of hydrogen-bond acceptors (Lipinski definition) is 4. The molecule has 0 aliphatic heterocycles. The summed E-state index contributed by atoms with van der Waals surface area (Å²) in [5.41, 5.74) is 5.96. The fraction of sp³-hybridized carbons (Fsp3) is 0.133. The molecular formula is C15H14FNO3. The molecule has 0 saturated carbocycles. The first kappa shape index (κ1) is 13.9. The molecule has 0 heterocycles. The highest BCUT2D eigenvalue weighted by Crippen LogP contribution is 2.25. The van der Waals surface area contributed by atoms with Crippen LogP contribution in [-0.2, 0) is 0 Å². The zero-order chi connectivity index (χ0) is 14.7. The van der Waals surface area contributed by atoms with Gasteiger partial charge in [-0.3, -0.25) is 4.79 Å². The Kier molecular flexibility index (Phi) is 3.89. The Morgan fingerprint density at radius 1 is 1.00 bits per heavy atom. The van der Waals surface area contributed by atoms with Crippen molar-refractivity contribution in [2.45, 2.75) is 0 Å². The maximum atomic E-state index is 13.4. The van der Waals surface area contributed by atoms with Crippen LogP contribution in [0.4, 0.5) is 10.1 Å². The smallest absolute Gasteiger partial charge is 0.193 e. The summed E-state index contributed by atoms with van der Waals surface area (Å²) in [7, 11) is 2.98. The second-order valence-electron chi connectivity index (χ2n) is 4.17. The Morgan fingerprint density at radius 2 is 1.60 bits per heavy atom. The monoisotopic (exact) mass is 275 g/mol. The number of benzene rings is 2. The lowest BCUT2D eigenvalue weighted by atomic mass is 10.0. The van der Waals surface area contributed by atoms with Crippen LogP contribution in [0.15, 0.2) is 36.4 Å². The van der Waals surface area contributed by atoms with Crippen molar-refractivity contribution in [3.63, 3.8) is 0 Å². The average molecular weight is 275 g/mol. The lowest BCUT2D eigenvalue weighted by molar-refractivity contribution is 0.103. The highest BCUT2D eigenvalue weighted by molar-refractivity contribution is 6.09. The molecule has 0 fully saturated rings. The van der Waals surface area contributed by atoms with Crippen molar-refractivity contribution in [1.29, 1.82) is 0 Å². The second kappa shape index (κ2) is 5.61. The maximum absolute atomic E-state index is 13.4. The number of carbonyl (C=O) groups excluding carboxylic acids is 1. The van der Waals surface area contributed by atoms with E-state index in [1.165, 1.54) is 26.4 Å². The van der Waals surface area contributed by atoms with Crippen LogP contribution in [0.3, 0.4) is 0 Å². The van der Waals surface area contributed by atoms with Gasteiger partial charge in [0.25, 0.3) is 0 Å². The summed E-state index contributed by atoms with van der Waals surface area (Å²) in [5.74, 6) is 0.0269. The molecule has 5 heteroatoms. The van der Waals surface area contributed by atoms with Gasteiger partial charge in [0.15, 0.2) is 5.78 Å². The number of nitrogens with two attached hydrogens (primary N) is 1. The van der Waals surface area contributed by atoms with Crippen LogP contribution in [-0.4, -0.2) is 20.0 Å². The molecule has 4 nitrogen and oxygen atoms in total. The zero-order valence-electron chi connectivity index (χ0n) is 11.1. The second-order valence-corrected chi connectivity index (χ2v) is 4.17. The minimum absolute atomic E-state index is 0.00442. The Morgan fingerprint density at radius 3 is 2.10 bits per heavy atom. The molecule has 0 radical (unpaired) electrons. The van der Waals surface area contributed by atoms with Crippen LogP contribution in [0, 0.1) is 5.82 Å². The fourth-order valence-corrected chi connectivity index (χ4v) is 1.77. The minimum atomic E-state index is -0.620. The van der Waals surface area contributed by atoms with Crippen LogP contribution in [0.5, 0.6) is 11.5 Å². The van der Waals surface area contributed by atoms with Crippen molar-refractivity contribution in [2.75, 3.05) is 20.0 Å². The molecular weight excluding hydrogens is 261 g/mol. The number of carbonyl (C=O) groups is 1. The topological polar surface area (TPSA) is 61.5 Å². The van der Waals surface area contributed by atoms with E-state index in [2.05, 4.69) is 0 Å². The summed E-state index contributed by atoms with van der Waals surface area (Å²) < 4.78 is 23.6. The molecule has 20 heavy (non-hydrogen) atoms. The molecule has 0 unspecified atom stereocenters. The summed E-state index contributed by atoms with van der Waals surface area (Å²) in [6, 6.07) is 8.74. The van der Waals surface area contributed by atoms with Gasteiger partial charge in [-0.2, -0.15) is 0 Å². The molecule has 0 aliphatic rings. The van der Waals surface area contributed by atoms with Crippen LogP contribution < -0.4 is 15.2 Å². The van der Waals surface area contributed by atoms with E-state index in [9.17, 15) is 9.18 Å². The van der Waals surface area contributed by atoms with Crippen LogP contribution in [0.25, 0.3) is 0 Å². The average Bonchev–Trinajstić information content (AvgIpc) is 2.48. The first-order chi connectivity index (χ1) is 9.55. The first-order valence-electron chi connectivity index (χ1n) is 5.88. The van der Waals surface area contributed by atoms with Crippen molar-refractivity contribution >= 4 is 11.5 Å². The molecule has 2 rings (SSSR count). The predicted octanol–water partition coefficient (Wildman–Crippen LogP) is 2.66. The number of nitrogen functional groups attached to an aromatic ring is 1. The van der Waals surface area contributed by atoms with E-state index in [-0.39, 0.29) is 17.0 Å². The number of ketones is 1. The molecule has 2 aromatic rings. The molecule has 2 N–H and O–H groups in total. The quantitative estimate of drug-likeness (QED) is 0.688. The number of hydrogen-bond donors (Lipinski definition) is 1. The van der Waals surface area contributed by atoms with Gasteiger partial charge < -0.3 is 15.2 Å². The zero-order valence-corrected chi connectivity index (χ0v) is 11.1. The Balaban J connectivity index is 2.44. The third-order valence-corrected chi connectivity index (χ3v) is 2.88. The summed E-state index contributed by atoms with van der Waals surface area (Å²) in [6.07, 6.45) is 0. The Hall–Kier alpha value is -2.56. The van der Waals surface area contributed by atoms with Gasteiger partial charge in [0.1, 0.15) is 17.3 Å². The van der Waals surface area contributed by atoms with Gasteiger partial charge in [0.05, 0.1) is 19.9 Å². The van der Waals surface area contributed by atoms with Crippen LogP contribution in [0.1, 0.15) is 15.9 Å². The van der Waals surface area contributed by atoms with E-state index in [4.69, 9.17) is 15.2 Å². The summed E-state index contributed by atoms with van der Waals surface area (Å²) in [5, 5.41) is 0. The predicted molar refractivity (Wildman–Crippen MR) is 73.8 cm³/mol. The molecule has 0 aromatic heterocycles. The van der Waals surface area contributed by atoms with Gasteiger partial charge in [-0.05, 0) is 30.3 Å². The number of halogens is 1. The molecule has 0 aliphatic carbocycles. The van der Waals surface area contributed by atoms with Gasteiger partial charge >= 0.3 is 0 Å². The highest BCUT2D eigenvalue weighted by Gasteiger charge is 2.13. The van der Waals surface area contributed by atoms with Gasteiger partial charge in [0.2, 0.25) is 0 Å². The largest absolute Gasteiger partial charge is 0.497 e. The molecule has 0 spiro atoms. The van der Waals surface area contributed by atoms with Crippen LogP contribution >= 0.6 is 0 Å². The summed E-state index contributed by atoms with van der Waals surface area (Å²) in [4.78, 5) is 12.3. The van der Waals surface area contributed by atoms with Crippen molar-refractivity contribution in [2.24, 2.45) is 0 Å². The number of methoxy groups -OCH3 is 2. The van der Waals surface area contributed by atoms with E-state index in [1.807, 2.05) is 0 Å². The Bertz CT molecular complexity index is 633. The molecule has 2 aromatic carbocycles. The normalized spacial score (nSPS) is 10.2. The summed E-state index contributed by atoms with van der Waals surface area (Å²) >= 11 is 0. The van der Waals surface area contributed by atoms with Gasteiger partial charge in [-0.25, -0.2) is 4.39 Å². The number of ether oxygens (including phenoxy) is 2. The molecule has 104 valence electrons. The van der Waals surface area contributed by atoms with Crippen LogP contribution in [0.2, 0.25) is 0 Å². The van der Waals surface area contributed by atoms with Crippen molar-refractivity contribution in [3.05, 3.63) is 53.3 Å². The third kappa shape index (κ3) is 2.71. The fourth-order valence-electron chi connectivity index (χ4n) is 1.77. The lowest BCUT2D eigenvalue weighted by Crippen LogP contribution is -2.04. The van der Waals surface area contributed by atoms with E-state index in [1.54, 1.807) is 18.2 Å². The van der Waals surface area contributed by atoms with Crippen molar-refractivity contribution < 1.29 is 18.7 Å². The van der Waals surface area contributed by atoms with E-state index in [0.717, 1.165) is 6.07 Å². The summed E-state index contributed by atoms with van der Waals surface area (Å²) in [6.45, 7) is 0. The van der Waals surface area contributed by atoms with Gasteiger partial charge in [-0.1, -0.05) is 0 Å². The standard InChI is InChI=1S/C15H14FNO3/c1-19-11-5-10(6-12(8-11)20-2)15(18)9-3-4-14(17)13(16)7-9/h3-8H,17H2,1-2H3. The van der Waals surface area contributed by atoms with Crippen molar-refractivity contribution in [1.82, 2.24) is 0 Å².